The number of nitrogens with zero attached hydrogens (tertiary/aromatic N) is 1. The van der Waals surface area contributed by atoms with Crippen LogP contribution in [0.25, 0.3) is 6.08 Å². The number of nitro benzene ring substituents is 1. The third-order valence-electron chi connectivity index (χ3n) is 2.74. The molecule has 0 aliphatic carbocycles. The lowest BCUT2D eigenvalue weighted by molar-refractivity contribution is -0.384. The summed E-state index contributed by atoms with van der Waals surface area (Å²) in [7, 11) is 0. The normalized spacial score (nSPS) is 10.8. The van der Waals surface area contributed by atoms with E-state index in [1.807, 2.05) is 0 Å². The number of ketones is 1. The van der Waals surface area contributed by atoms with Gasteiger partial charge in [0.05, 0.1) is 4.92 Å². The van der Waals surface area contributed by atoms with Gasteiger partial charge in [-0.3, -0.25) is 14.9 Å². The van der Waals surface area contributed by atoms with E-state index >= 15 is 0 Å². The van der Waals surface area contributed by atoms with Crippen molar-refractivity contribution in [1.82, 2.24) is 0 Å². The summed E-state index contributed by atoms with van der Waals surface area (Å²) < 4.78 is 25.8. The van der Waals surface area contributed by atoms with Crippen molar-refractivity contribution in [3.05, 3.63) is 81.4 Å². The standard InChI is InChI=1S/C15H9F2NO3/c16-13-7-4-11(9-14(13)17)15(19)8-3-10-1-5-12(6-2-10)18(20)21/h1-9H/b8-3+. The van der Waals surface area contributed by atoms with Gasteiger partial charge in [-0.2, -0.15) is 0 Å². The lowest BCUT2D eigenvalue weighted by Gasteiger charge is -1.97. The van der Waals surface area contributed by atoms with Gasteiger partial charge in [0.25, 0.3) is 5.69 Å². The molecule has 0 saturated heterocycles. The minimum Gasteiger partial charge on any atom is -0.289 e. The number of nitro groups is 1. The number of halogens is 2. The molecular formula is C15H9F2NO3. The highest BCUT2D eigenvalue weighted by Crippen LogP contribution is 2.14. The van der Waals surface area contributed by atoms with Gasteiger partial charge >= 0.3 is 0 Å². The maximum absolute atomic E-state index is 13.0. The van der Waals surface area contributed by atoms with Crippen LogP contribution in [-0.2, 0) is 0 Å². The van der Waals surface area contributed by atoms with E-state index in [0.717, 1.165) is 12.1 Å². The van der Waals surface area contributed by atoms with Crippen molar-refractivity contribution in [1.29, 1.82) is 0 Å². The molecule has 0 aliphatic heterocycles. The molecule has 2 aromatic rings. The van der Waals surface area contributed by atoms with E-state index in [9.17, 15) is 23.7 Å². The molecule has 106 valence electrons. The summed E-state index contributed by atoms with van der Waals surface area (Å²) >= 11 is 0. The topological polar surface area (TPSA) is 60.2 Å². The Bertz CT molecular complexity index is 724. The zero-order valence-electron chi connectivity index (χ0n) is 10.6. The number of carbonyl (C=O) groups excluding carboxylic acids is 1. The van der Waals surface area contributed by atoms with Crippen molar-refractivity contribution in [2.75, 3.05) is 0 Å². The van der Waals surface area contributed by atoms with Crippen molar-refractivity contribution >= 4 is 17.5 Å². The average Bonchev–Trinajstić information content (AvgIpc) is 2.48. The van der Waals surface area contributed by atoms with Gasteiger partial charge < -0.3 is 0 Å². The third kappa shape index (κ3) is 3.56. The first-order chi connectivity index (χ1) is 9.97. The van der Waals surface area contributed by atoms with Crippen LogP contribution in [0.4, 0.5) is 14.5 Å². The van der Waals surface area contributed by atoms with Crippen molar-refractivity contribution in [3.8, 4) is 0 Å². The summed E-state index contributed by atoms with van der Waals surface area (Å²) in [4.78, 5) is 21.7. The van der Waals surface area contributed by atoms with Crippen LogP contribution in [0, 0.1) is 21.7 Å². The number of allylic oxidation sites excluding steroid dienone is 1. The highest BCUT2D eigenvalue weighted by Gasteiger charge is 2.07. The number of hydrogen-bond donors (Lipinski definition) is 0. The average molecular weight is 289 g/mol. The van der Waals surface area contributed by atoms with E-state index < -0.39 is 22.3 Å². The van der Waals surface area contributed by atoms with E-state index in [1.54, 1.807) is 0 Å². The molecule has 0 bridgehead atoms. The largest absolute Gasteiger partial charge is 0.289 e. The molecule has 0 aromatic heterocycles. The summed E-state index contributed by atoms with van der Waals surface area (Å²) in [6.07, 6.45) is 2.63. The van der Waals surface area contributed by atoms with Gasteiger partial charge in [-0.1, -0.05) is 6.08 Å². The SMILES string of the molecule is O=C(/C=C/c1ccc([N+](=O)[O-])cc1)c1ccc(F)c(F)c1. The maximum atomic E-state index is 13.0. The van der Waals surface area contributed by atoms with E-state index in [1.165, 1.54) is 42.5 Å². The molecule has 2 aromatic carbocycles. The van der Waals surface area contributed by atoms with E-state index in [2.05, 4.69) is 0 Å². The molecule has 0 fully saturated rings. The minimum absolute atomic E-state index is 0.0204. The van der Waals surface area contributed by atoms with Crippen molar-refractivity contribution in [2.45, 2.75) is 0 Å². The van der Waals surface area contributed by atoms with Crippen LogP contribution in [0.1, 0.15) is 15.9 Å². The van der Waals surface area contributed by atoms with Crippen LogP contribution < -0.4 is 0 Å². The molecule has 0 radical (unpaired) electrons. The van der Waals surface area contributed by atoms with Crippen LogP contribution in [0.15, 0.2) is 48.5 Å². The number of rotatable bonds is 4. The molecular weight excluding hydrogens is 280 g/mol. The van der Waals surface area contributed by atoms with E-state index in [4.69, 9.17) is 0 Å². The number of non-ortho nitro benzene ring substituents is 1. The van der Waals surface area contributed by atoms with Gasteiger partial charge in [0.2, 0.25) is 0 Å². The Kier molecular flexibility index (Phi) is 4.18. The lowest BCUT2D eigenvalue weighted by atomic mass is 10.1. The zero-order chi connectivity index (χ0) is 15.4. The van der Waals surface area contributed by atoms with Gasteiger partial charge in [-0.05, 0) is 42.0 Å². The smallest absolute Gasteiger partial charge is 0.269 e. The quantitative estimate of drug-likeness (QED) is 0.372. The van der Waals surface area contributed by atoms with Gasteiger partial charge in [-0.25, -0.2) is 8.78 Å². The summed E-state index contributed by atoms with van der Waals surface area (Å²) in [6, 6.07) is 8.45. The van der Waals surface area contributed by atoms with Gasteiger partial charge in [0.15, 0.2) is 17.4 Å². The second kappa shape index (κ2) is 6.04. The summed E-state index contributed by atoms with van der Waals surface area (Å²) in [5.41, 5.74) is 0.544. The predicted molar refractivity (Wildman–Crippen MR) is 72.8 cm³/mol. The Morgan fingerprint density at radius 1 is 1.05 bits per heavy atom. The van der Waals surface area contributed by atoms with Crippen molar-refractivity contribution in [2.24, 2.45) is 0 Å². The number of carbonyl (C=O) groups is 1. The molecule has 0 N–H and O–H groups in total. The number of hydrogen-bond acceptors (Lipinski definition) is 3. The third-order valence-corrected chi connectivity index (χ3v) is 2.74. The molecule has 0 spiro atoms. The Labute approximate surface area is 118 Å². The van der Waals surface area contributed by atoms with Crippen LogP contribution >= 0.6 is 0 Å². The first-order valence-corrected chi connectivity index (χ1v) is 5.89. The van der Waals surface area contributed by atoms with Gasteiger partial charge in [-0.15, -0.1) is 0 Å². The molecule has 6 heteroatoms. The maximum Gasteiger partial charge on any atom is 0.269 e. The highest BCUT2D eigenvalue weighted by molar-refractivity contribution is 6.06. The fraction of sp³-hybridized carbons (Fsp3) is 0. The van der Waals surface area contributed by atoms with Crippen LogP contribution in [-0.4, -0.2) is 10.7 Å². The minimum atomic E-state index is -1.09. The molecule has 0 saturated carbocycles. The highest BCUT2D eigenvalue weighted by atomic mass is 19.2. The molecule has 21 heavy (non-hydrogen) atoms. The summed E-state index contributed by atoms with van der Waals surface area (Å²) in [5, 5.41) is 10.5. The van der Waals surface area contributed by atoms with Crippen LogP contribution in [0.3, 0.4) is 0 Å². The van der Waals surface area contributed by atoms with E-state index in [-0.39, 0.29) is 11.3 Å². The Morgan fingerprint density at radius 3 is 2.29 bits per heavy atom. The molecule has 0 atom stereocenters. The fourth-order valence-corrected chi connectivity index (χ4v) is 1.62. The molecule has 2 rings (SSSR count). The van der Waals surface area contributed by atoms with Crippen LogP contribution in [0.2, 0.25) is 0 Å². The monoisotopic (exact) mass is 289 g/mol. The van der Waals surface area contributed by atoms with Crippen molar-refractivity contribution < 1.29 is 18.5 Å². The van der Waals surface area contributed by atoms with Gasteiger partial charge in [0.1, 0.15) is 0 Å². The van der Waals surface area contributed by atoms with Gasteiger partial charge in [0, 0.05) is 17.7 Å². The second-order valence-electron chi connectivity index (χ2n) is 4.18. The second-order valence-corrected chi connectivity index (χ2v) is 4.18. The molecule has 0 aliphatic rings. The fourth-order valence-electron chi connectivity index (χ4n) is 1.62. The van der Waals surface area contributed by atoms with E-state index in [0.29, 0.717) is 5.56 Å². The summed E-state index contributed by atoms with van der Waals surface area (Å²) in [6.45, 7) is 0. The van der Waals surface area contributed by atoms with Crippen LogP contribution in [0.5, 0.6) is 0 Å². The predicted octanol–water partition coefficient (Wildman–Crippen LogP) is 3.77. The Morgan fingerprint density at radius 2 is 1.71 bits per heavy atom. The first kappa shape index (κ1) is 14.5. The molecule has 0 amide bonds. The Hall–Kier alpha value is -2.89. The Balaban J connectivity index is 2.14. The first-order valence-electron chi connectivity index (χ1n) is 5.89. The number of benzene rings is 2. The summed E-state index contributed by atoms with van der Waals surface area (Å²) in [5.74, 6) is -2.61. The molecule has 0 unspecified atom stereocenters. The lowest BCUT2D eigenvalue weighted by Crippen LogP contribution is -1.96. The molecule has 4 nitrogen and oxygen atoms in total. The molecule has 0 heterocycles. The van der Waals surface area contributed by atoms with Crippen molar-refractivity contribution in [3.63, 3.8) is 0 Å². The zero-order valence-corrected chi connectivity index (χ0v) is 10.6.